The van der Waals surface area contributed by atoms with Gasteiger partial charge in [-0.2, -0.15) is 0 Å². The third-order valence-electron chi connectivity index (χ3n) is 4.16. The first kappa shape index (κ1) is 20.1. The molecule has 2 amide bonds. The molecule has 2 N–H and O–H groups in total. The van der Waals surface area contributed by atoms with E-state index in [2.05, 4.69) is 0 Å². The molecule has 2 aromatic carbocycles. The van der Waals surface area contributed by atoms with E-state index in [1.54, 1.807) is 24.3 Å². The quantitative estimate of drug-likeness (QED) is 0.721. The van der Waals surface area contributed by atoms with Crippen LogP contribution in [0.2, 0.25) is 0 Å². The summed E-state index contributed by atoms with van der Waals surface area (Å²) in [7, 11) is -3.82. The number of nitrogens with zero attached hydrogens (tertiary/aromatic N) is 1. The van der Waals surface area contributed by atoms with Gasteiger partial charge in [0.15, 0.2) is 0 Å². The van der Waals surface area contributed by atoms with Crippen LogP contribution in [-0.4, -0.2) is 31.7 Å². The third-order valence-corrected chi connectivity index (χ3v) is 5.44. The molecule has 3 rings (SSSR count). The fourth-order valence-corrected chi connectivity index (χ4v) is 3.60. The highest BCUT2D eigenvalue weighted by Crippen LogP contribution is 2.33. The van der Waals surface area contributed by atoms with Gasteiger partial charge in [0.05, 0.1) is 23.6 Å². The number of hydrogen-bond acceptors (Lipinski definition) is 5. The van der Waals surface area contributed by atoms with Gasteiger partial charge in [0.1, 0.15) is 10.8 Å². The van der Waals surface area contributed by atoms with Crippen LogP contribution < -0.4 is 9.88 Å². The van der Waals surface area contributed by atoms with Crippen LogP contribution in [0.4, 0.5) is 0 Å². The largest absolute Gasteiger partial charge is 0.494 e. The molecule has 2 aromatic rings. The summed E-state index contributed by atoms with van der Waals surface area (Å²) in [5, 5.41) is 4.91. The minimum Gasteiger partial charge on any atom is -0.494 e. The third kappa shape index (κ3) is 3.94. The molecule has 0 fully saturated rings. The zero-order valence-corrected chi connectivity index (χ0v) is 16.5. The van der Waals surface area contributed by atoms with Gasteiger partial charge in [0, 0.05) is 0 Å². The molecular formula is C19H17ClN2O5S. The lowest BCUT2D eigenvalue weighted by molar-refractivity contribution is -0.137. The van der Waals surface area contributed by atoms with Crippen LogP contribution in [0, 0.1) is 0 Å². The Morgan fingerprint density at radius 3 is 2.14 bits per heavy atom. The fourth-order valence-electron chi connectivity index (χ4n) is 2.79. The molecule has 0 atom stereocenters. The molecule has 1 aliphatic heterocycles. The second-order valence-corrected chi connectivity index (χ2v) is 7.97. The molecule has 0 aromatic heterocycles. The summed E-state index contributed by atoms with van der Waals surface area (Å²) in [6.45, 7) is 2.33. The van der Waals surface area contributed by atoms with E-state index in [-0.39, 0.29) is 22.0 Å². The molecule has 0 radical (unpaired) electrons. The Morgan fingerprint density at radius 2 is 1.61 bits per heavy atom. The van der Waals surface area contributed by atoms with Crippen molar-refractivity contribution < 1.29 is 22.7 Å². The molecule has 1 heterocycles. The van der Waals surface area contributed by atoms with Crippen molar-refractivity contribution >= 4 is 39.0 Å². The van der Waals surface area contributed by atoms with E-state index in [0.29, 0.717) is 23.5 Å². The van der Waals surface area contributed by atoms with Gasteiger partial charge >= 0.3 is 0 Å². The first-order chi connectivity index (χ1) is 13.2. The number of benzene rings is 2. The van der Waals surface area contributed by atoms with Crippen molar-refractivity contribution in [3.63, 3.8) is 0 Å². The van der Waals surface area contributed by atoms with Crippen molar-refractivity contribution in [2.45, 2.75) is 18.4 Å². The predicted octanol–water partition coefficient (Wildman–Crippen LogP) is 2.25. The minimum absolute atomic E-state index is 0.0423. The zero-order chi connectivity index (χ0) is 20.5. The molecule has 0 saturated carbocycles. The van der Waals surface area contributed by atoms with Crippen molar-refractivity contribution in [3.8, 4) is 5.75 Å². The highest BCUT2D eigenvalue weighted by molar-refractivity contribution is 7.89. The SMILES string of the molecule is CCOc1ccc(C2=C(Cl)C(=O)N(Cc3ccc(S(N)(=O)=O)cc3)C2=O)cc1. The van der Waals surface area contributed by atoms with Crippen molar-refractivity contribution in [2.24, 2.45) is 5.14 Å². The highest BCUT2D eigenvalue weighted by Gasteiger charge is 2.38. The summed E-state index contributed by atoms with van der Waals surface area (Å²) in [5.41, 5.74) is 1.20. The van der Waals surface area contributed by atoms with Crippen LogP contribution in [0.15, 0.2) is 58.5 Å². The topological polar surface area (TPSA) is 107 Å². The number of hydrogen-bond donors (Lipinski definition) is 1. The van der Waals surface area contributed by atoms with E-state index in [1.807, 2.05) is 6.92 Å². The van der Waals surface area contributed by atoms with Gasteiger partial charge in [-0.15, -0.1) is 0 Å². The lowest BCUT2D eigenvalue weighted by atomic mass is 10.1. The number of sulfonamides is 1. The Kier molecular flexibility index (Phi) is 5.55. The maximum atomic E-state index is 12.8. The van der Waals surface area contributed by atoms with Crippen molar-refractivity contribution in [1.29, 1.82) is 0 Å². The van der Waals surface area contributed by atoms with E-state index >= 15 is 0 Å². The number of imide groups is 1. The van der Waals surface area contributed by atoms with Gasteiger partial charge in [-0.25, -0.2) is 13.6 Å². The zero-order valence-electron chi connectivity index (χ0n) is 14.9. The number of ether oxygens (including phenoxy) is 1. The predicted molar refractivity (Wildman–Crippen MR) is 104 cm³/mol. The maximum Gasteiger partial charge on any atom is 0.273 e. The van der Waals surface area contributed by atoms with Gasteiger partial charge in [-0.1, -0.05) is 35.9 Å². The van der Waals surface area contributed by atoms with Gasteiger partial charge < -0.3 is 4.74 Å². The normalized spacial score (nSPS) is 14.8. The average molecular weight is 421 g/mol. The van der Waals surface area contributed by atoms with E-state index in [0.717, 1.165) is 4.90 Å². The number of primary sulfonamides is 1. The van der Waals surface area contributed by atoms with Crippen LogP contribution in [0.1, 0.15) is 18.1 Å². The maximum absolute atomic E-state index is 12.8. The van der Waals surface area contributed by atoms with Crippen LogP contribution in [0.5, 0.6) is 5.75 Å². The van der Waals surface area contributed by atoms with Crippen molar-refractivity contribution in [1.82, 2.24) is 4.90 Å². The first-order valence-electron chi connectivity index (χ1n) is 8.33. The Labute approximate surface area is 167 Å². The molecule has 28 heavy (non-hydrogen) atoms. The second-order valence-electron chi connectivity index (χ2n) is 6.03. The number of nitrogens with two attached hydrogens (primary N) is 1. The minimum atomic E-state index is -3.82. The number of amides is 2. The molecular weight excluding hydrogens is 404 g/mol. The first-order valence-corrected chi connectivity index (χ1v) is 10.3. The molecule has 146 valence electrons. The Hall–Kier alpha value is -2.68. The molecule has 7 nitrogen and oxygen atoms in total. The molecule has 0 bridgehead atoms. The summed E-state index contributed by atoms with van der Waals surface area (Å²) in [6, 6.07) is 12.3. The summed E-state index contributed by atoms with van der Waals surface area (Å²) in [5.74, 6) is -0.479. The number of carbonyl (C=O) groups excluding carboxylic acids is 2. The van der Waals surface area contributed by atoms with Crippen molar-refractivity contribution in [3.05, 3.63) is 64.7 Å². The van der Waals surface area contributed by atoms with Crippen LogP contribution in [-0.2, 0) is 26.2 Å². The lowest BCUT2D eigenvalue weighted by Gasteiger charge is -2.15. The number of halogens is 1. The lowest BCUT2D eigenvalue weighted by Crippen LogP contribution is -2.30. The standard InChI is InChI=1S/C19H17ClN2O5S/c1-2-27-14-7-5-13(6-8-14)16-17(20)19(24)22(18(16)23)11-12-3-9-15(10-4-12)28(21,25)26/h3-10H,2,11H2,1H3,(H2,21,25,26). The van der Waals surface area contributed by atoms with E-state index in [9.17, 15) is 18.0 Å². The molecule has 9 heteroatoms. The number of carbonyl (C=O) groups is 2. The Bertz CT molecular complexity index is 1060. The van der Waals surface area contributed by atoms with Gasteiger partial charge in [-0.3, -0.25) is 14.5 Å². The van der Waals surface area contributed by atoms with E-state index in [4.69, 9.17) is 21.5 Å². The van der Waals surface area contributed by atoms with Crippen LogP contribution >= 0.6 is 11.6 Å². The van der Waals surface area contributed by atoms with Gasteiger partial charge in [-0.05, 0) is 42.3 Å². The van der Waals surface area contributed by atoms with Gasteiger partial charge in [0.2, 0.25) is 10.0 Å². The number of rotatable bonds is 6. The Balaban J connectivity index is 1.82. The highest BCUT2D eigenvalue weighted by atomic mass is 35.5. The molecule has 0 aliphatic carbocycles. The van der Waals surface area contributed by atoms with E-state index in [1.165, 1.54) is 24.3 Å². The molecule has 1 aliphatic rings. The summed E-state index contributed by atoms with van der Waals surface area (Å²) < 4.78 is 28.0. The summed E-state index contributed by atoms with van der Waals surface area (Å²) >= 11 is 6.15. The monoisotopic (exact) mass is 420 g/mol. The van der Waals surface area contributed by atoms with E-state index < -0.39 is 21.8 Å². The molecule has 0 saturated heterocycles. The molecule has 0 unspecified atom stereocenters. The smallest absolute Gasteiger partial charge is 0.273 e. The summed E-state index contributed by atoms with van der Waals surface area (Å²) in [6.07, 6.45) is 0. The Morgan fingerprint density at radius 1 is 1.00 bits per heavy atom. The van der Waals surface area contributed by atoms with Crippen LogP contribution in [0.3, 0.4) is 0 Å². The summed E-state index contributed by atoms with van der Waals surface area (Å²) in [4.78, 5) is 26.2. The van der Waals surface area contributed by atoms with Crippen molar-refractivity contribution in [2.75, 3.05) is 6.61 Å². The molecule has 0 spiro atoms. The van der Waals surface area contributed by atoms with Gasteiger partial charge in [0.25, 0.3) is 11.8 Å². The second kappa shape index (κ2) is 7.75. The average Bonchev–Trinajstić information content (AvgIpc) is 2.86. The van der Waals surface area contributed by atoms with Crippen LogP contribution in [0.25, 0.3) is 5.57 Å². The fraction of sp³-hybridized carbons (Fsp3) is 0.158.